The van der Waals surface area contributed by atoms with E-state index < -0.39 is 17.3 Å². The molecule has 0 aromatic heterocycles. The van der Waals surface area contributed by atoms with E-state index in [-0.39, 0.29) is 27.6 Å². The lowest BCUT2D eigenvalue weighted by molar-refractivity contribution is -0.192. The molecule has 4 nitrogen and oxygen atoms in total. The second-order valence-corrected chi connectivity index (χ2v) is 14.7. The van der Waals surface area contributed by atoms with E-state index in [4.69, 9.17) is 0 Å². The summed E-state index contributed by atoms with van der Waals surface area (Å²) in [5, 5.41) is 33.2. The second kappa shape index (κ2) is 7.89. The summed E-state index contributed by atoms with van der Waals surface area (Å²) in [6, 6.07) is 0. The van der Waals surface area contributed by atoms with Gasteiger partial charge in [0.2, 0.25) is 0 Å². The van der Waals surface area contributed by atoms with Crippen LogP contribution in [0.1, 0.15) is 107 Å². The first-order chi connectivity index (χ1) is 15.4. The molecule has 4 rings (SSSR count). The van der Waals surface area contributed by atoms with Gasteiger partial charge in [0.05, 0.1) is 17.3 Å². The predicted molar refractivity (Wildman–Crippen MR) is 136 cm³/mol. The summed E-state index contributed by atoms with van der Waals surface area (Å²) >= 11 is 0. The molecule has 0 bridgehead atoms. The van der Waals surface area contributed by atoms with Gasteiger partial charge in [-0.2, -0.15) is 0 Å². The van der Waals surface area contributed by atoms with E-state index in [1.165, 1.54) is 0 Å². The summed E-state index contributed by atoms with van der Waals surface area (Å²) < 4.78 is 0. The van der Waals surface area contributed by atoms with Gasteiger partial charge in [-0.1, -0.05) is 46.8 Å². The molecule has 0 spiro atoms. The van der Waals surface area contributed by atoms with Crippen molar-refractivity contribution in [3.05, 3.63) is 12.2 Å². The van der Waals surface area contributed by atoms with Gasteiger partial charge in [0, 0.05) is 17.8 Å². The first kappa shape index (κ1) is 26.4. The number of hydrogen-bond donors (Lipinski definition) is 3. The average Bonchev–Trinajstić information content (AvgIpc) is 2.89. The number of rotatable bonds is 4. The van der Waals surface area contributed by atoms with Crippen LogP contribution >= 0.6 is 0 Å². The Morgan fingerprint density at radius 1 is 0.941 bits per heavy atom. The van der Waals surface area contributed by atoms with Crippen LogP contribution in [0.25, 0.3) is 0 Å². The van der Waals surface area contributed by atoms with Crippen LogP contribution in [0.5, 0.6) is 0 Å². The highest BCUT2D eigenvalue weighted by molar-refractivity contribution is 5.85. The molecular weight excluding hydrogens is 424 g/mol. The lowest BCUT2D eigenvalue weighted by atomic mass is 9.38. The molecule has 0 aliphatic heterocycles. The van der Waals surface area contributed by atoms with Crippen molar-refractivity contribution < 1.29 is 20.1 Å². The molecule has 0 unspecified atom stereocenters. The van der Waals surface area contributed by atoms with Gasteiger partial charge in [-0.05, 0) is 99.7 Å². The Hall–Kier alpha value is -0.710. The fourth-order valence-corrected chi connectivity index (χ4v) is 10.2. The van der Waals surface area contributed by atoms with Crippen LogP contribution in [0.2, 0.25) is 0 Å². The molecule has 4 aliphatic rings. The standard InChI is InChI=1S/C30H50O4/c1-25(2,33)14-9-15-30(8,34)24-21(31)18-29(7)20-10-11-22-26(3,4)23(32)13-16-27(22,5)19(20)12-17-28(24,29)6/h9,14,19-22,24,31,33-34H,10-13,15-18H2,1-8H3/b14-9+/t19-,20-,21+,22-,24-,27+,28+,29+,30-/m1/s1. The molecule has 0 saturated heterocycles. The third-order valence-electron chi connectivity index (χ3n) is 11.9. The van der Waals surface area contributed by atoms with Gasteiger partial charge in [-0.25, -0.2) is 0 Å². The topological polar surface area (TPSA) is 77.8 Å². The maximum atomic E-state index is 12.8. The molecule has 0 aromatic rings. The van der Waals surface area contributed by atoms with Crippen LogP contribution in [-0.2, 0) is 4.79 Å². The maximum absolute atomic E-state index is 12.8. The minimum Gasteiger partial charge on any atom is -0.393 e. The van der Waals surface area contributed by atoms with Crippen LogP contribution in [0.3, 0.4) is 0 Å². The quantitative estimate of drug-likeness (QED) is 0.458. The molecule has 4 saturated carbocycles. The lowest BCUT2D eigenvalue weighted by Gasteiger charge is -2.66. The van der Waals surface area contributed by atoms with Gasteiger partial charge >= 0.3 is 0 Å². The van der Waals surface area contributed by atoms with Crippen molar-refractivity contribution in [1.29, 1.82) is 0 Å². The Kier molecular flexibility index (Phi) is 6.12. The van der Waals surface area contributed by atoms with Crippen molar-refractivity contribution in [2.24, 2.45) is 45.3 Å². The zero-order valence-electron chi connectivity index (χ0n) is 22.9. The van der Waals surface area contributed by atoms with Gasteiger partial charge in [0.25, 0.3) is 0 Å². The zero-order valence-corrected chi connectivity index (χ0v) is 22.9. The van der Waals surface area contributed by atoms with Crippen LogP contribution in [0, 0.1) is 45.3 Å². The number of hydrogen-bond acceptors (Lipinski definition) is 4. The third kappa shape index (κ3) is 3.68. The predicted octanol–water partition coefficient (Wildman–Crippen LogP) is 5.68. The Bertz CT molecular complexity index is 850. The number of Topliss-reactive ketones (excluding diaryl/α,β-unsaturated/α-hetero) is 1. The fourth-order valence-electron chi connectivity index (χ4n) is 10.2. The highest BCUT2D eigenvalue weighted by atomic mass is 16.3. The SMILES string of the molecule is CC(C)(O)/C=C/C[C@@](C)(O)[C@@H]1[C@@H](O)C[C@@]2(C)[C@@H]3CC[C@@H]4C(C)(C)C(=O)CC[C@@]4(C)[C@@H]3CC[C@@]12C. The number of carbonyl (C=O) groups is 1. The summed E-state index contributed by atoms with van der Waals surface area (Å²) in [5.41, 5.74) is -2.21. The van der Waals surface area contributed by atoms with Gasteiger partial charge in [0.1, 0.15) is 5.78 Å². The number of fused-ring (bicyclic) bond motifs is 5. The summed E-state index contributed by atoms with van der Waals surface area (Å²) in [6.45, 7) is 16.9. The molecular formula is C30H50O4. The van der Waals surface area contributed by atoms with E-state index in [1.54, 1.807) is 19.9 Å². The van der Waals surface area contributed by atoms with Crippen LogP contribution in [-0.4, -0.2) is 38.4 Å². The van der Waals surface area contributed by atoms with Gasteiger partial charge in [-0.15, -0.1) is 0 Å². The highest BCUT2D eigenvalue weighted by Crippen LogP contribution is 2.74. The van der Waals surface area contributed by atoms with E-state index in [0.717, 1.165) is 38.5 Å². The van der Waals surface area contributed by atoms with Crippen LogP contribution in [0.4, 0.5) is 0 Å². The lowest BCUT2D eigenvalue weighted by Crippen LogP contribution is -2.61. The summed E-state index contributed by atoms with van der Waals surface area (Å²) in [4.78, 5) is 12.8. The minimum atomic E-state index is -1.04. The van der Waals surface area contributed by atoms with E-state index >= 15 is 0 Å². The van der Waals surface area contributed by atoms with Crippen molar-refractivity contribution in [2.75, 3.05) is 0 Å². The van der Waals surface area contributed by atoms with E-state index in [9.17, 15) is 20.1 Å². The Labute approximate surface area is 207 Å². The van der Waals surface area contributed by atoms with Gasteiger partial charge < -0.3 is 15.3 Å². The molecule has 9 atom stereocenters. The van der Waals surface area contributed by atoms with Crippen LogP contribution < -0.4 is 0 Å². The van der Waals surface area contributed by atoms with E-state index in [1.807, 2.05) is 13.0 Å². The molecule has 0 amide bonds. The third-order valence-corrected chi connectivity index (χ3v) is 11.9. The molecule has 4 heteroatoms. The fraction of sp³-hybridized carbons (Fsp3) is 0.900. The molecule has 3 N–H and O–H groups in total. The minimum absolute atomic E-state index is 0.0382. The molecule has 0 radical (unpaired) electrons. The Morgan fingerprint density at radius 3 is 2.21 bits per heavy atom. The first-order valence-electron chi connectivity index (χ1n) is 13.7. The molecule has 4 aliphatic carbocycles. The van der Waals surface area contributed by atoms with Crippen LogP contribution in [0.15, 0.2) is 12.2 Å². The number of aliphatic hydroxyl groups is 3. The normalized spacial score (nSPS) is 48.2. The molecule has 0 heterocycles. The van der Waals surface area contributed by atoms with Gasteiger partial charge in [-0.3, -0.25) is 4.79 Å². The second-order valence-electron chi connectivity index (χ2n) is 14.7. The average molecular weight is 475 g/mol. The monoisotopic (exact) mass is 474 g/mol. The Morgan fingerprint density at radius 2 is 1.59 bits per heavy atom. The smallest absolute Gasteiger partial charge is 0.138 e. The van der Waals surface area contributed by atoms with Crippen molar-refractivity contribution in [3.8, 4) is 0 Å². The molecule has 0 aromatic carbocycles. The molecule has 34 heavy (non-hydrogen) atoms. The largest absolute Gasteiger partial charge is 0.393 e. The van der Waals surface area contributed by atoms with E-state index in [2.05, 4.69) is 34.6 Å². The summed E-state index contributed by atoms with van der Waals surface area (Å²) in [7, 11) is 0. The Balaban J connectivity index is 1.65. The number of ketones is 1. The molecule has 194 valence electrons. The molecule has 4 fully saturated rings. The van der Waals surface area contributed by atoms with Crippen molar-refractivity contribution >= 4 is 5.78 Å². The number of carbonyl (C=O) groups excluding carboxylic acids is 1. The number of aliphatic hydroxyl groups excluding tert-OH is 1. The van der Waals surface area contributed by atoms with E-state index in [0.29, 0.717) is 36.4 Å². The summed E-state index contributed by atoms with van der Waals surface area (Å²) in [5.74, 6) is 1.76. The van der Waals surface area contributed by atoms with Crippen molar-refractivity contribution in [2.45, 2.75) is 124 Å². The van der Waals surface area contributed by atoms with Crippen molar-refractivity contribution in [3.63, 3.8) is 0 Å². The zero-order chi connectivity index (χ0) is 25.5. The van der Waals surface area contributed by atoms with Gasteiger partial charge in [0.15, 0.2) is 0 Å². The maximum Gasteiger partial charge on any atom is 0.138 e. The summed E-state index contributed by atoms with van der Waals surface area (Å²) in [6.07, 6.45) is 10.3. The first-order valence-corrected chi connectivity index (χ1v) is 13.7. The highest BCUT2D eigenvalue weighted by Gasteiger charge is 2.70. The van der Waals surface area contributed by atoms with Crippen molar-refractivity contribution in [1.82, 2.24) is 0 Å².